The van der Waals surface area contributed by atoms with Gasteiger partial charge in [-0.15, -0.1) is 0 Å². The first kappa shape index (κ1) is 31.8. The summed E-state index contributed by atoms with van der Waals surface area (Å²) in [5, 5.41) is 18.4. The Balaban J connectivity index is 0.000000301. The van der Waals surface area contributed by atoms with Gasteiger partial charge in [0.05, 0.1) is 12.3 Å². The lowest BCUT2D eigenvalue weighted by molar-refractivity contribution is -0.193. The highest BCUT2D eigenvalue weighted by Crippen LogP contribution is 2.44. The summed E-state index contributed by atoms with van der Waals surface area (Å²) in [4.78, 5) is 22.8. The van der Waals surface area contributed by atoms with E-state index in [2.05, 4.69) is 28.1 Å². The Morgan fingerprint density at radius 1 is 1.08 bits per heavy atom. The van der Waals surface area contributed by atoms with E-state index in [1.54, 1.807) is 0 Å². The third-order valence-corrected chi connectivity index (χ3v) is 6.75. The fraction of sp³-hybridized carbons (Fsp3) is 0.783. The number of halogens is 6. The van der Waals surface area contributed by atoms with Gasteiger partial charge in [0, 0.05) is 38.2 Å². The van der Waals surface area contributed by atoms with Gasteiger partial charge in [-0.1, -0.05) is 5.16 Å². The number of aromatic nitrogens is 1. The van der Waals surface area contributed by atoms with Crippen molar-refractivity contribution in [3.8, 4) is 0 Å². The largest absolute Gasteiger partial charge is 0.490 e. The molecule has 1 aliphatic carbocycles. The average Bonchev–Trinajstić information content (AvgIpc) is 3.45. The summed E-state index contributed by atoms with van der Waals surface area (Å²) in [6.45, 7) is 9.61. The van der Waals surface area contributed by atoms with Crippen LogP contribution in [0, 0.1) is 24.2 Å². The maximum absolute atomic E-state index is 10.6. The number of ether oxygens (including phenoxy) is 1. The molecule has 38 heavy (non-hydrogen) atoms. The van der Waals surface area contributed by atoms with Crippen molar-refractivity contribution in [2.45, 2.75) is 51.5 Å². The van der Waals surface area contributed by atoms with Crippen LogP contribution in [-0.2, 0) is 20.9 Å². The Bertz CT molecular complexity index is 886. The zero-order chi connectivity index (χ0) is 28.7. The molecule has 1 aromatic heterocycles. The van der Waals surface area contributed by atoms with Crippen LogP contribution in [0.15, 0.2) is 10.6 Å². The molecular weight excluding hydrogens is 528 g/mol. The Morgan fingerprint density at radius 3 is 2.03 bits per heavy atom. The number of likely N-dealkylation sites (tertiary alicyclic amines) is 2. The third kappa shape index (κ3) is 10.4. The molecule has 1 aromatic rings. The van der Waals surface area contributed by atoms with E-state index in [-0.39, 0.29) is 0 Å². The monoisotopic (exact) mass is 561 g/mol. The molecule has 9 nitrogen and oxygen atoms in total. The lowest BCUT2D eigenvalue weighted by atomic mass is 9.71. The summed E-state index contributed by atoms with van der Waals surface area (Å²) in [6, 6.07) is 2.06. The first-order valence-electron chi connectivity index (χ1n) is 12.0. The van der Waals surface area contributed by atoms with E-state index < -0.39 is 24.3 Å². The smallest absolute Gasteiger partial charge is 0.475 e. The van der Waals surface area contributed by atoms with Gasteiger partial charge < -0.3 is 24.4 Å². The summed E-state index contributed by atoms with van der Waals surface area (Å²) in [5.41, 5.74) is 1.53. The lowest BCUT2D eigenvalue weighted by Crippen LogP contribution is -2.45. The van der Waals surface area contributed by atoms with Crippen molar-refractivity contribution in [3.05, 3.63) is 17.5 Å². The second-order valence-electron chi connectivity index (χ2n) is 10.0. The molecule has 1 unspecified atom stereocenters. The highest BCUT2D eigenvalue weighted by molar-refractivity contribution is 5.73. The SMILES string of the molecule is Cc1cc(CN2CCC3(CC2)CN(C)CC3COCC2CC2)no1.O=C(O)C(F)(F)F.O=C(O)C(F)(F)F. The minimum atomic E-state index is -5.08. The van der Waals surface area contributed by atoms with Gasteiger partial charge >= 0.3 is 24.3 Å². The summed E-state index contributed by atoms with van der Waals surface area (Å²) >= 11 is 0. The normalized spacial score (nSPS) is 21.8. The molecule has 0 bridgehead atoms. The Morgan fingerprint density at radius 2 is 1.61 bits per heavy atom. The van der Waals surface area contributed by atoms with Crippen molar-refractivity contribution in [1.82, 2.24) is 15.0 Å². The summed E-state index contributed by atoms with van der Waals surface area (Å²) in [5.74, 6) is -3.03. The van der Waals surface area contributed by atoms with Crippen molar-refractivity contribution in [2.24, 2.45) is 17.3 Å². The van der Waals surface area contributed by atoms with E-state index in [0.717, 1.165) is 37.1 Å². The average molecular weight is 562 g/mol. The third-order valence-electron chi connectivity index (χ3n) is 6.75. The zero-order valence-electron chi connectivity index (χ0n) is 21.1. The van der Waals surface area contributed by atoms with E-state index in [1.807, 2.05) is 6.92 Å². The van der Waals surface area contributed by atoms with Crippen LogP contribution >= 0.6 is 0 Å². The van der Waals surface area contributed by atoms with Crippen molar-refractivity contribution in [1.29, 1.82) is 0 Å². The number of hydrogen-bond acceptors (Lipinski definition) is 7. The zero-order valence-corrected chi connectivity index (χ0v) is 21.1. The molecule has 2 saturated heterocycles. The van der Waals surface area contributed by atoms with Crippen molar-refractivity contribution in [2.75, 3.05) is 46.4 Å². The molecule has 3 heterocycles. The van der Waals surface area contributed by atoms with Crippen molar-refractivity contribution >= 4 is 11.9 Å². The van der Waals surface area contributed by atoms with Gasteiger partial charge in [0.2, 0.25) is 0 Å². The van der Waals surface area contributed by atoms with Gasteiger partial charge in [0.15, 0.2) is 0 Å². The lowest BCUT2D eigenvalue weighted by Gasteiger charge is -2.42. The number of rotatable bonds is 6. The van der Waals surface area contributed by atoms with Gasteiger partial charge in [-0.2, -0.15) is 26.3 Å². The first-order valence-corrected chi connectivity index (χ1v) is 12.0. The molecule has 2 aliphatic heterocycles. The van der Waals surface area contributed by atoms with Crippen LogP contribution in [0.2, 0.25) is 0 Å². The van der Waals surface area contributed by atoms with Crippen LogP contribution < -0.4 is 0 Å². The molecule has 218 valence electrons. The summed E-state index contributed by atoms with van der Waals surface area (Å²) in [6.07, 6.45) is -4.84. The van der Waals surface area contributed by atoms with Crippen LogP contribution in [0.1, 0.15) is 37.1 Å². The number of aryl methyl sites for hydroxylation is 1. The quantitative estimate of drug-likeness (QED) is 0.500. The molecule has 1 spiro atoms. The number of carbonyl (C=O) groups is 2. The number of carboxylic acids is 2. The summed E-state index contributed by atoms with van der Waals surface area (Å²) < 4.78 is 74.8. The molecule has 2 N–H and O–H groups in total. The molecule has 4 rings (SSSR count). The van der Waals surface area contributed by atoms with Crippen LogP contribution in [-0.4, -0.2) is 95.9 Å². The van der Waals surface area contributed by atoms with Gasteiger partial charge in [-0.25, -0.2) is 9.59 Å². The summed E-state index contributed by atoms with van der Waals surface area (Å²) in [7, 11) is 2.27. The van der Waals surface area contributed by atoms with Gasteiger partial charge in [-0.3, -0.25) is 4.90 Å². The molecule has 3 aliphatic rings. The maximum atomic E-state index is 10.6. The molecule has 15 heteroatoms. The predicted molar refractivity (Wildman–Crippen MR) is 120 cm³/mol. The van der Waals surface area contributed by atoms with Crippen LogP contribution in [0.3, 0.4) is 0 Å². The molecule has 1 saturated carbocycles. The van der Waals surface area contributed by atoms with Crippen molar-refractivity contribution < 1.29 is 55.4 Å². The van der Waals surface area contributed by atoms with Gasteiger partial charge in [0.1, 0.15) is 5.76 Å². The fourth-order valence-corrected chi connectivity index (χ4v) is 4.64. The minimum absolute atomic E-state index is 0.467. The molecule has 3 fully saturated rings. The highest BCUT2D eigenvalue weighted by Gasteiger charge is 2.47. The van der Waals surface area contributed by atoms with E-state index >= 15 is 0 Å². The maximum Gasteiger partial charge on any atom is 0.490 e. The number of piperidine rings is 1. The second-order valence-corrected chi connectivity index (χ2v) is 10.0. The molecular formula is C23H33F6N3O6. The number of alkyl halides is 6. The molecule has 0 amide bonds. The fourth-order valence-electron chi connectivity index (χ4n) is 4.64. The Hall–Kier alpha value is -2.39. The highest BCUT2D eigenvalue weighted by atomic mass is 19.4. The first-order chi connectivity index (χ1) is 17.5. The predicted octanol–water partition coefficient (Wildman–Crippen LogP) is 3.82. The molecule has 0 aromatic carbocycles. The standard InChI is InChI=1S/C19H31N3O2.2C2HF3O2/c1-15-9-18(20-24-15)11-22-7-5-19(6-8-22)14-21(2)10-17(19)13-23-12-16-3-4-16;2*3-2(4,5)1(6)7/h9,16-17H,3-8,10-14H2,1-2H3;2*(H,6,7). The van der Waals surface area contributed by atoms with E-state index in [9.17, 15) is 26.3 Å². The van der Waals surface area contributed by atoms with E-state index in [4.69, 9.17) is 29.1 Å². The van der Waals surface area contributed by atoms with Crippen LogP contribution in [0.25, 0.3) is 0 Å². The number of hydrogen-bond donors (Lipinski definition) is 2. The van der Waals surface area contributed by atoms with E-state index in [1.165, 1.54) is 51.9 Å². The Labute approximate surface area is 215 Å². The molecule has 1 atom stereocenters. The Kier molecular flexibility index (Phi) is 11.0. The van der Waals surface area contributed by atoms with Gasteiger partial charge in [0.25, 0.3) is 0 Å². The van der Waals surface area contributed by atoms with Crippen molar-refractivity contribution in [3.63, 3.8) is 0 Å². The topological polar surface area (TPSA) is 116 Å². The number of aliphatic carboxylic acids is 2. The van der Waals surface area contributed by atoms with Gasteiger partial charge in [-0.05, 0) is 64.1 Å². The number of nitrogens with zero attached hydrogens (tertiary/aromatic N) is 3. The minimum Gasteiger partial charge on any atom is -0.475 e. The molecule has 0 radical (unpaired) electrons. The second kappa shape index (κ2) is 13.1. The number of carboxylic acid groups (broad SMARTS) is 2. The van der Waals surface area contributed by atoms with E-state index in [0.29, 0.717) is 11.3 Å². The van der Waals surface area contributed by atoms with Crippen LogP contribution in [0.4, 0.5) is 26.3 Å². The van der Waals surface area contributed by atoms with Crippen LogP contribution in [0.5, 0.6) is 0 Å².